The molecule has 1 N–H and O–H groups in total. The number of benzene rings is 1. The minimum atomic E-state index is -0.490. The smallest absolute Gasteiger partial charge is 0.324 e. The van der Waals surface area contributed by atoms with Crippen molar-refractivity contribution in [3.05, 3.63) is 47.1 Å². The van der Waals surface area contributed by atoms with E-state index >= 15 is 0 Å². The van der Waals surface area contributed by atoms with E-state index in [1.165, 1.54) is 22.9 Å². The number of aryl methyl sites for hydroxylation is 1. The highest BCUT2D eigenvalue weighted by Gasteiger charge is 2.43. The monoisotopic (exact) mass is 473 g/mol. The molecule has 2 aliphatic rings. The molecule has 174 valence electrons. The highest BCUT2D eigenvalue weighted by molar-refractivity contribution is 6.30. The summed E-state index contributed by atoms with van der Waals surface area (Å²) in [7, 11) is 1.56. The topological polar surface area (TPSA) is 90.2 Å². The van der Waals surface area contributed by atoms with E-state index in [0.29, 0.717) is 17.8 Å². The second-order valence-electron chi connectivity index (χ2n) is 8.53. The van der Waals surface area contributed by atoms with Gasteiger partial charge in [-0.2, -0.15) is 9.67 Å². The van der Waals surface area contributed by atoms with Gasteiger partial charge >= 0.3 is 6.01 Å². The lowest BCUT2D eigenvalue weighted by Gasteiger charge is -2.38. The van der Waals surface area contributed by atoms with Crippen molar-refractivity contribution < 1.29 is 13.9 Å². The SMILES string of the molecule is COCn1nc(NC2[C@@H]3CC[C@H]2CN(c2cc(C)ncn2)C3)nc1Oc1cc(F)cc(Cl)c1. The minimum absolute atomic E-state index is 0.144. The van der Waals surface area contributed by atoms with Crippen LogP contribution in [0.2, 0.25) is 5.02 Å². The molecule has 2 bridgehead atoms. The van der Waals surface area contributed by atoms with Crippen molar-refractivity contribution in [1.29, 1.82) is 0 Å². The van der Waals surface area contributed by atoms with E-state index in [9.17, 15) is 4.39 Å². The molecule has 1 aromatic carbocycles. The number of aromatic nitrogens is 5. The Balaban J connectivity index is 1.32. The lowest BCUT2D eigenvalue weighted by atomic mass is 9.92. The van der Waals surface area contributed by atoms with E-state index in [1.807, 2.05) is 13.0 Å². The zero-order valence-corrected chi connectivity index (χ0v) is 19.2. The lowest BCUT2D eigenvalue weighted by Crippen LogP contribution is -2.48. The zero-order valence-electron chi connectivity index (χ0n) is 18.4. The summed E-state index contributed by atoms with van der Waals surface area (Å²) in [4.78, 5) is 15.5. The van der Waals surface area contributed by atoms with E-state index in [4.69, 9.17) is 21.1 Å². The van der Waals surface area contributed by atoms with Gasteiger partial charge in [0.25, 0.3) is 0 Å². The Labute approximate surface area is 195 Å². The molecule has 0 radical (unpaired) electrons. The molecule has 2 fully saturated rings. The number of ether oxygens (including phenoxy) is 2. The number of hydrogen-bond donors (Lipinski definition) is 1. The summed E-state index contributed by atoms with van der Waals surface area (Å²) in [5.41, 5.74) is 0.965. The van der Waals surface area contributed by atoms with E-state index in [2.05, 4.69) is 30.3 Å². The number of anilines is 2. The van der Waals surface area contributed by atoms with Gasteiger partial charge in [0.05, 0.1) is 0 Å². The molecule has 1 aliphatic heterocycles. The molecule has 1 unspecified atom stereocenters. The summed E-state index contributed by atoms with van der Waals surface area (Å²) in [5, 5.41) is 8.26. The Morgan fingerprint density at radius 1 is 1.15 bits per heavy atom. The number of nitrogens with zero attached hydrogens (tertiary/aromatic N) is 6. The Morgan fingerprint density at radius 3 is 2.64 bits per heavy atom. The summed E-state index contributed by atoms with van der Waals surface area (Å²) in [5.74, 6) is 2.07. The Hall–Kier alpha value is -2.98. The van der Waals surface area contributed by atoms with Crippen LogP contribution in [-0.4, -0.2) is 51.0 Å². The Morgan fingerprint density at radius 2 is 1.94 bits per heavy atom. The van der Waals surface area contributed by atoms with Gasteiger partial charge in [0.15, 0.2) is 0 Å². The van der Waals surface area contributed by atoms with Crippen LogP contribution in [0.25, 0.3) is 0 Å². The predicted octanol–water partition coefficient (Wildman–Crippen LogP) is 3.89. The fourth-order valence-corrected chi connectivity index (χ4v) is 4.98. The van der Waals surface area contributed by atoms with Crippen LogP contribution in [0.15, 0.2) is 30.6 Å². The molecule has 3 aromatic rings. The minimum Gasteiger partial charge on any atom is -0.424 e. The number of rotatable bonds is 7. The summed E-state index contributed by atoms with van der Waals surface area (Å²) in [6.07, 6.45) is 3.89. The van der Waals surface area contributed by atoms with E-state index in [1.54, 1.807) is 13.4 Å². The van der Waals surface area contributed by atoms with Crippen molar-refractivity contribution in [3.63, 3.8) is 0 Å². The van der Waals surface area contributed by atoms with Gasteiger partial charge in [0.2, 0.25) is 5.95 Å². The van der Waals surface area contributed by atoms with E-state index in [0.717, 1.165) is 37.4 Å². The van der Waals surface area contributed by atoms with Crippen LogP contribution in [0, 0.1) is 24.6 Å². The quantitative estimate of drug-likeness (QED) is 0.552. The first-order valence-corrected chi connectivity index (χ1v) is 11.2. The molecule has 11 heteroatoms. The van der Waals surface area contributed by atoms with Crippen LogP contribution in [0.3, 0.4) is 0 Å². The molecule has 3 heterocycles. The zero-order chi connectivity index (χ0) is 22.9. The molecule has 0 spiro atoms. The molecule has 9 nitrogen and oxygen atoms in total. The average molecular weight is 474 g/mol. The number of methoxy groups -OCH3 is 1. The van der Waals surface area contributed by atoms with E-state index in [-0.39, 0.29) is 29.6 Å². The van der Waals surface area contributed by atoms with Gasteiger partial charge in [-0.25, -0.2) is 14.4 Å². The van der Waals surface area contributed by atoms with Crippen LogP contribution in [0.4, 0.5) is 16.2 Å². The third-order valence-corrected chi connectivity index (χ3v) is 6.40. The van der Waals surface area contributed by atoms with Gasteiger partial charge in [0.1, 0.15) is 30.4 Å². The maximum atomic E-state index is 13.7. The number of halogens is 2. The van der Waals surface area contributed by atoms with Crippen molar-refractivity contribution in [2.75, 3.05) is 30.4 Å². The van der Waals surface area contributed by atoms with Crippen LogP contribution >= 0.6 is 11.6 Å². The molecule has 3 atom stereocenters. The number of piperidine rings is 1. The lowest BCUT2D eigenvalue weighted by molar-refractivity contribution is 0.113. The second-order valence-corrected chi connectivity index (χ2v) is 8.97. The van der Waals surface area contributed by atoms with Gasteiger partial charge < -0.3 is 19.7 Å². The van der Waals surface area contributed by atoms with Gasteiger partial charge in [-0.1, -0.05) is 11.6 Å². The van der Waals surface area contributed by atoms with Crippen molar-refractivity contribution in [3.8, 4) is 11.8 Å². The van der Waals surface area contributed by atoms with Crippen molar-refractivity contribution in [1.82, 2.24) is 24.7 Å². The third kappa shape index (κ3) is 4.72. The highest BCUT2D eigenvalue weighted by Crippen LogP contribution is 2.40. The number of hydrogen-bond acceptors (Lipinski definition) is 8. The average Bonchev–Trinajstić information content (AvgIpc) is 3.22. The fourth-order valence-electron chi connectivity index (χ4n) is 4.77. The molecule has 0 amide bonds. The molecular weight excluding hydrogens is 449 g/mol. The normalized spacial score (nSPS) is 21.9. The molecule has 2 aromatic heterocycles. The summed E-state index contributed by atoms with van der Waals surface area (Å²) < 4.78 is 26.2. The van der Waals surface area contributed by atoms with Crippen LogP contribution in [0.5, 0.6) is 11.8 Å². The first kappa shape index (κ1) is 21.8. The predicted molar refractivity (Wildman–Crippen MR) is 121 cm³/mol. The van der Waals surface area contributed by atoms with Gasteiger partial charge in [-0.05, 0) is 43.7 Å². The maximum Gasteiger partial charge on any atom is 0.324 e. The molecule has 33 heavy (non-hydrogen) atoms. The molecule has 1 saturated carbocycles. The molecule has 5 rings (SSSR count). The molecule has 1 saturated heterocycles. The Kier molecular flexibility index (Phi) is 6.03. The van der Waals surface area contributed by atoms with Crippen molar-refractivity contribution >= 4 is 23.4 Å². The fraction of sp³-hybridized carbons (Fsp3) is 0.455. The van der Waals surface area contributed by atoms with Gasteiger partial charge in [-0.3, -0.25) is 0 Å². The first-order chi connectivity index (χ1) is 16.0. The van der Waals surface area contributed by atoms with E-state index < -0.39 is 5.82 Å². The maximum absolute atomic E-state index is 13.7. The van der Waals surface area contributed by atoms with Crippen molar-refractivity contribution in [2.45, 2.75) is 32.5 Å². The molecule has 1 aliphatic carbocycles. The van der Waals surface area contributed by atoms with Gasteiger partial charge in [0, 0.05) is 49.1 Å². The van der Waals surface area contributed by atoms with Crippen molar-refractivity contribution in [2.24, 2.45) is 11.8 Å². The third-order valence-electron chi connectivity index (χ3n) is 6.18. The Bertz CT molecular complexity index is 1110. The van der Waals surface area contributed by atoms with Gasteiger partial charge in [-0.15, -0.1) is 5.10 Å². The first-order valence-electron chi connectivity index (χ1n) is 10.9. The van der Waals surface area contributed by atoms with Crippen LogP contribution < -0.4 is 15.0 Å². The van der Waals surface area contributed by atoms with Crippen LogP contribution in [0.1, 0.15) is 18.5 Å². The summed E-state index contributed by atoms with van der Waals surface area (Å²) >= 11 is 5.94. The summed E-state index contributed by atoms with van der Waals surface area (Å²) in [6.45, 7) is 3.95. The largest absolute Gasteiger partial charge is 0.424 e. The molecular formula is C22H25ClFN7O2. The number of fused-ring (bicyclic) bond motifs is 2. The number of nitrogens with one attached hydrogen (secondary N) is 1. The summed E-state index contributed by atoms with van der Waals surface area (Å²) in [6, 6.07) is 6.46. The standard InChI is InChI=1S/C22H25ClFN7O2/c1-13-5-19(26-11-25-13)30-9-14-3-4-15(10-30)20(14)27-21-28-22(31(29-21)12-32-2)33-18-7-16(23)6-17(24)8-18/h5-8,11,14-15,20H,3-4,9-10,12H2,1-2H3,(H,27,29)/t14-,15+,20?. The highest BCUT2D eigenvalue weighted by atomic mass is 35.5. The second kappa shape index (κ2) is 9.11. The van der Waals surface area contributed by atoms with Crippen LogP contribution in [-0.2, 0) is 11.5 Å².